The molecule has 2 amide bonds. The average Bonchev–Trinajstić information content (AvgIpc) is 2.78. The fourth-order valence-electron chi connectivity index (χ4n) is 1.70. The van der Waals surface area contributed by atoms with Crippen LogP contribution < -0.4 is 0 Å². The van der Waals surface area contributed by atoms with Crippen molar-refractivity contribution in [3.63, 3.8) is 0 Å². The highest BCUT2D eigenvalue weighted by molar-refractivity contribution is 7.87. The van der Waals surface area contributed by atoms with Crippen LogP contribution >= 0.6 is 0 Å². The Morgan fingerprint density at radius 3 is 1.38 bits per heavy atom. The molecule has 1 aliphatic rings. The van der Waals surface area contributed by atoms with Gasteiger partial charge in [0, 0.05) is 0 Å². The van der Waals surface area contributed by atoms with E-state index in [0.29, 0.717) is 0 Å². The predicted octanol–water partition coefficient (Wildman–Crippen LogP) is 2.97. The second-order valence-electron chi connectivity index (χ2n) is 5.11. The summed E-state index contributed by atoms with van der Waals surface area (Å²) in [5.74, 6) is -16.0. The highest BCUT2D eigenvalue weighted by Crippen LogP contribution is 2.54. The Bertz CT molecular complexity index is 893. The summed E-state index contributed by atoms with van der Waals surface area (Å²) in [4.78, 5) is 22.1. The fraction of sp³-hybridized carbons (Fsp3) is 0.333. The number of carbonyl (C=O) groups is 2. The van der Waals surface area contributed by atoms with Gasteiger partial charge in [-0.15, -0.1) is 5.06 Å². The van der Waals surface area contributed by atoms with Gasteiger partial charge in [0.15, 0.2) is 0 Å². The first-order chi connectivity index (χ1) is 12.7. The Morgan fingerprint density at radius 2 is 1.10 bits per heavy atom. The Labute approximate surface area is 154 Å². The summed E-state index contributed by atoms with van der Waals surface area (Å²) in [6, 6.07) is 6.30. The first-order valence-electron chi connectivity index (χ1n) is 6.55. The first-order valence-corrected chi connectivity index (χ1v) is 7.99. The molecule has 164 valence electrons. The molecule has 0 saturated carbocycles. The van der Waals surface area contributed by atoms with Gasteiger partial charge in [-0.25, -0.2) is 0 Å². The van der Waals surface area contributed by atoms with Gasteiger partial charge in [0.25, 0.3) is 11.8 Å². The van der Waals surface area contributed by atoms with E-state index in [1.54, 1.807) is 12.1 Å². The molecule has 0 spiro atoms. The second-order valence-corrected chi connectivity index (χ2v) is 6.57. The number of benzene rings is 1. The van der Waals surface area contributed by atoms with Crippen LogP contribution in [0.5, 0.6) is 0 Å². The summed E-state index contributed by atoms with van der Waals surface area (Å²) in [7, 11) is -7.17. The third-order valence-electron chi connectivity index (χ3n) is 3.21. The molecule has 1 aromatic carbocycles. The standard InChI is InChI=1S/C8H5NO3.C4HF9O3S/c10-7-5-3-1-2-4-6(5)8(11)9(7)12;5-1(6,3(9,10)11)2(7,8)4(12,13)17(14,15)16/h1-4,12H;(H,14,15,16). The minimum absolute atomic E-state index is 0.130. The maximum absolute atomic E-state index is 12.2. The van der Waals surface area contributed by atoms with E-state index in [1.807, 2.05) is 0 Å². The Kier molecular flexibility index (Phi) is 6.06. The average molecular weight is 463 g/mol. The molecule has 7 nitrogen and oxygen atoms in total. The summed E-state index contributed by atoms with van der Waals surface area (Å²) < 4.78 is 134. The molecule has 2 rings (SSSR count). The number of alkyl halides is 9. The van der Waals surface area contributed by atoms with Gasteiger partial charge in [-0.05, 0) is 12.1 Å². The van der Waals surface area contributed by atoms with Crippen LogP contribution in [0.3, 0.4) is 0 Å². The minimum Gasteiger partial charge on any atom is -0.281 e. The molecule has 0 saturated heterocycles. The SMILES string of the molecule is O=C1c2ccccc2C(=O)N1O.O=S(=O)(O)C(F)(F)C(F)(F)C(F)(F)C(F)(F)F. The zero-order chi connectivity index (χ0) is 23.2. The number of carbonyl (C=O) groups excluding carboxylic acids is 2. The van der Waals surface area contributed by atoms with E-state index in [2.05, 4.69) is 0 Å². The number of amides is 2. The van der Waals surface area contributed by atoms with Gasteiger partial charge >= 0.3 is 33.4 Å². The topological polar surface area (TPSA) is 112 Å². The van der Waals surface area contributed by atoms with Gasteiger partial charge in [-0.1, -0.05) is 12.1 Å². The Morgan fingerprint density at radius 1 is 0.759 bits per heavy atom. The highest BCUT2D eigenvalue weighted by Gasteiger charge is 2.85. The summed E-state index contributed by atoms with van der Waals surface area (Å²) in [6.45, 7) is 0. The quantitative estimate of drug-likeness (QED) is 0.309. The van der Waals surface area contributed by atoms with Crippen LogP contribution in [0.2, 0.25) is 0 Å². The van der Waals surface area contributed by atoms with Crippen molar-refractivity contribution in [1.29, 1.82) is 0 Å². The maximum Gasteiger partial charge on any atom is 0.460 e. The van der Waals surface area contributed by atoms with Crippen LogP contribution in [0.15, 0.2) is 24.3 Å². The molecule has 0 radical (unpaired) electrons. The zero-order valence-corrected chi connectivity index (χ0v) is 13.9. The van der Waals surface area contributed by atoms with E-state index in [4.69, 9.17) is 9.76 Å². The minimum atomic E-state index is -7.37. The normalized spacial score (nSPS) is 15.8. The molecule has 17 heteroatoms. The van der Waals surface area contributed by atoms with Crippen molar-refractivity contribution >= 4 is 21.9 Å². The van der Waals surface area contributed by atoms with E-state index in [1.165, 1.54) is 12.1 Å². The highest BCUT2D eigenvalue weighted by atomic mass is 32.2. The second kappa shape index (κ2) is 7.13. The number of hydroxylamine groups is 2. The number of rotatable bonds is 3. The molecule has 1 heterocycles. The van der Waals surface area contributed by atoms with Crippen LogP contribution in [0.1, 0.15) is 20.7 Å². The molecule has 0 bridgehead atoms. The van der Waals surface area contributed by atoms with E-state index < -0.39 is 45.2 Å². The lowest BCUT2D eigenvalue weighted by molar-refractivity contribution is -0.382. The fourth-order valence-corrected chi connectivity index (χ4v) is 2.15. The van der Waals surface area contributed by atoms with Crippen LogP contribution in [0.25, 0.3) is 0 Å². The van der Waals surface area contributed by atoms with Crippen molar-refractivity contribution in [2.24, 2.45) is 0 Å². The van der Waals surface area contributed by atoms with Crippen molar-refractivity contribution < 1.29 is 67.3 Å². The van der Waals surface area contributed by atoms with Crippen LogP contribution in [-0.4, -0.2) is 58.3 Å². The van der Waals surface area contributed by atoms with Crippen molar-refractivity contribution in [2.45, 2.75) is 23.3 Å². The molecule has 0 aromatic heterocycles. The molecule has 29 heavy (non-hydrogen) atoms. The molecule has 1 aromatic rings. The van der Waals surface area contributed by atoms with E-state index in [9.17, 15) is 57.5 Å². The van der Waals surface area contributed by atoms with E-state index >= 15 is 0 Å². The summed E-state index contributed by atoms with van der Waals surface area (Å²) in [5.41, 5.74) is 0.509. The number of imide groups is 1. The van der Waals surface area contributed by atoms with Gasteiger partial charge in [0.2, 0.25) is 0 Å². The maximum atomic E-state index is 12.2. The molecule has 0 aliphatic carbocycles. The van der Waals surface area contributed by atoms with Crippen molar-refractivity contribution in [3.05, 3.63) is 35.4 Å². The largest absolute Gasteiger partial charge is 0.460 e. The lowest BCUT2D eigenvalue weighted by Crippen LogP contribution is -2.63. The van der Waals surface area contributed by atoms with Crippen LogP contribution in [-0.2, 0) is 10.1 Å². The number of hydrogen-bond donors (Lipinski definition) is 2. The third-order valence-corrected chi connectivity index (χ3v) is 4.12. The number of nitrogens with zero attached hydrogens (tertiary/aromatic N) is 1. The molecule has 2 N–H and O–H groups in total. The third kappa shape index (κ3) is 3.88. The van der Waals surface area contributed by atoms with E-state index in [0.717, 1.165) is 0 Å². The van der Waals surface area contributed by atoms with Crippen LogP contribution in [0, 0.1) is 0 Å². The Balaban J connectivity index is 0.000000304. The van der Waals surface area contributed by atoms with Crippen molar-refractivity contribution in [1.82, 2.24) is 5.06 Å². The molecule has 0 fully saturated rings. The zero-order valence-electron chi connectivity index (χ0n) is 13.1. The van der Waals surface area contributed by atoms with Crippen molar-refractivity contribution in [3.8, 4) is 0 Å². The van der Waals surface area contributed by atoms with Gasteiger partial charge < -0.3 is 0 Å². The molecule has 0 atom stereocenters. The first kappa shape index (κ1) is 24.6. The molecule has 1 aliphatic heterocycles. The van der Waals surface area contributed by atoms with Gasteiger partial charge in [-0.2, -0.15) is 47.9 Å². The number of fused-ring (bicyclic) bond motifs is 1. The number of halogens is 9. The van der Waals surface area contributed by atoms with Crippen molar-refractivity contribution in [2.75, 3.05) is 0 Å². The molecular formula is C12H6F9NO6S. The lowest BCUT2D eigenvalue weighted by atomic mass is 10.1. The number of hydrogen-bond acceptors (Lipinski definition) is 5. The van der Waals surface area contributed by atoms with Crippen LogP contribution in [0.4, 0.5) is 39.5 Å². The van der Waals surface area contributed by atoms with Gasteiger partial charge in [-0.3, -0.25) is 19.3 Å². The molecular weight excluding hydrogens is 457 g/mol. The Hall–Kier alpha value is -2.40. The predicted molar refractivity (Wildman–Crippen MR) is 71.2 cm³/mol. The summed E-state index contributed by atoms with van der Waals surface area (Å²) in [6.07, 6.45) is -7.13. The summed E-state index contributed by atoms with van der Waals surface area (Å²) >= 11 is 0. The van der Waals surface area contributed by atoms with E-state index in [-0.39, 0.29) is 16.2 Å². The summed E-state index contributed by atoms with van der Waals surface area (Å²) in [5, 5.41) is 2.05. The van der Waals surface area contributed by atoms with Gasteiger partial charge in [0.1, 0.15) is 0 Å². The lowest BCUT2D eigenvalue weighted by Gasteiger charge is -2.31. The van der Waals surface area contributed by atoms with Gasteiger partial charge in [0.05, 0.1) is 11.1 Å². The smallest absolute Gasteiger partial charge is 0.281 e. The monoisotopic (exact) mass is 463 g/mol. The molecule has 0 unspecified atom stereocenters.